The van der Waals surface area contributed by atoms with Gasteiger partial charge in [-0.25, -0.2) is 0 Å². The Morgan fingerprint density at radius 3 is 2.12 bits per heavy atom. The van der Waals surface area contributed by atoms with Crippen LogP contribution >= 0.6 is 0 Å². The lowest BCUT2D eigenvalue weighted by molar-refractivity contribution is -0.453. The van der Waals surface area contributed by atoms with E-state index in [4.69, 9.17) is 25.7 Å². The Morgan fingerprint density at radius 2 is 1.62 bits per heavy atom. The molecule has 0 aliphatic carbocycles. The van der Waals surface area contributed by atoms with Gasteiger partial charge in [0.1, 0.15) is 0 Å². The quantitative estimate of drug-likeness (QED) is 0.504. The molecule has 0 aromatic heterocycles. The van der Waals surface area contributed by atoms with E-state index in [-0.39, 0.29) is 0 Å². The van der Waals surface area contributed by atoms with Crippen LogP contribution in [0.25, 0.3) is 0 Å². The van der Waals surface area contributed by atoms with Gasteiger partial charge >= 0.3 is 0 Å². The molecule has 0 spiro atoms. The Labute approximate surface area is 95.1 Å². The predicted octanol–water partition coefficient (Wildman–Crippen LogP) is 1.95. The van der Waals surface area contributed by atoms with Gasteiger partial charge in [-0.2, -0.15) is 9.78 Å². The maximum atomic E-state index is 5.91. The zero-order chi connectivity index (χ0) is 11.7. The van der Waals surface area contributed by atoms with E-state index >= 15 is 0 Å². The highest BCUT2D eigenvalue weighted by atomic mass is 17.3. The van der Waals surface area contributed by atoms with Crippen LogP contribution in [0.3, 0.4) is 0 Å². The first-order chi connectivity index (χ1) is 7.39. The standard InChI is InChI=1S/C12H16O4/c1-5-6-12-8-7-9(2)13-10(12,3)15-16-11(12,4)14-9/h1H,6-8H2,2-4H3. The Hall–Kier alpha value is -0.600. The molecule has 0 aromatic carbocycles. The second-order valence-electron chi connectivity index (χ2n) is 5.36. The van der Waals surface area contributed by atoms with Crippen molar-refractivity contribution in [2.24, 2.45) is 5.41 Å². The lowest BCUT2D eigenvalue weighted by Crippen LogP contribution is -2.70. The molecule has 16 heavy (non-hydrogen) atoms. The lowest BCUT2D eigenvalue weighted by atomic mass is 9.63. The molecule has 4 heteroatoms. The molecule has 4 aliphatic heterocycles. The second kappa shape index (κ2) is 2.62. The molecule has 4 saturated heterocycles. The highest BCUT2D eigenvalue weighted by Gasteiger charge is 2.78. The Kier molecular flexibility index (Phi) is 1.73. The minimum Gasteiger partial charge on any atom is -0.315 e. The van der Waals surface area contributed by atoms with Crippen molar-refractivity contribution in [3.05, 3.63) is 0 Å². The highest BCUT2D eigenvalue weighted by Crippen LogP contribution is 2.67. The molecule has 0 amide bonds. The molecule has 4 bridgehead atoms. The first-order valence-corrected chi connectivity index (χ1v) is 5.59. The zero-order valence-corrected chi connectivity index (χ0v) is 9.83. The fraction of sp³-hybridized carbons (Fsp3) is 0.833. The van der Waals surface area contributed by atoms with Gasteiger partial charge in [-0.3, -0.25) is 0 Å². The summed E-state index contributed by atoms with van der Waals surface area (Å²) >= 11 is 0. The SMILES string of the molecule is C#CCC12CCC3(C)OC1(C)OOC2(C)O3. The fourth-order valence-electron chi connectivity index (χ4n) is 3.39. The highest BCUT2D eigenvalue weighted by molar-refractivity contribution is 5.14. The van der Waals surface area contributed by atoms with E-state index < -0.39 is 22.8 Å². The maximum Gasteiger partial charge on any atom is 0.213 e. The summed E-state index contributed by atoms with van der Waals surface area (Å²) in [4.78, 5) is 10.8. The Bertz CT molecular complexity index is 365. The van der Waals surface area contributed by atoms with E-state index in [1.807, 2.05) is 20.8 Å². The molecule has 2 atom stereocenters. The molecule has 88 valence electrons. The summed E-state index contributed by atoms with van der Waals surface area (Å²) in [6.07, 6.45) is 7.69. The molecule has 4 heterocycles. The van der Waals surface area contributed by atoms with Crippen LogP contribution in [0.2, 0.25) is 0 Å². The summed E-state index contributed by atoms with van der Waals surface area (Å²) in [6.45, 7) is 5.69. The van der Waals surface area contributed by atoms with Crippen LogP contribution in [-0.4, -0.2) is 17.4 Å². The number of fused-ring (bicyclic) bond motifs is 1. The van der Waals surface area contributed by atoms with Crippen molar-refractivity contribution in [2.45, 2.75) is 57.4 Å². The molecule has 0 aromatic rings. The van der Waals surface area contributed by atoms with Gasteiger partial charge in [0.25, 0.3) is 0 Å². The van der Waals surface area contributed by atoms with Crippen molar-refractivity contribution in [3.8, 4) is 12.3 Å². The minimum atomic E-state index is -0.806. The van der Waals surface area contributed by atoms with E-state index in [1.165, 1.54) is 0 Å². The molecular weight excluding hydrogens is 208 g/mol. The van der Waals surface area contributed by atoms with Gasteiger partial charge in [0.2, 0.25) is 11.6 Å². The molecule has 0 N–H and O–H groups in total. The van der Waals surface area contributed by atoms with Crippen molar-refractivity contribution in [2.75, 3.05) is 0 Å². The average molecular weight is 224 g/mol. The van der Waals surface area contributed by atoms with Crippen LogP contribution in [-0.2, 0) is 19.2 Å². The van der Waals surface area contributed by atoms with Crippen LogP contribution in [0.5, 0.6) is 0 Å². The van der Waals surface area contributed by atoms with E-state index in [1.54, 1.807) is 0 Å². The zero-order valence-electron chi connectivity index (χ0n) is 9.83. The summed E-state index contributed by atoms with van der Waals surface area (Å²) in [6, 6.07) is 0. The molecule has 4 fully saturated rings. The second-order valence-corrected chi connectivity index (χ2v) is 5.36. The van der Waals surface area contributed by atoms with Gasteiger partial charge in [-0.05, 0) is 27.2 Å². The van der Waals surface area contributed by atoms with Crippen molar-refractivity contribution in [1.29, 1.82) is 0 Å². The van der Waals surface area contributed by atoms with E-state index in [9.17, 15) is 0 Å². The third-order valence-corrected chi connectivity index (χ3v) is 4.33. The van der Waals surface area contributed by atoms with Crippen molar-refractivity contribution in [3.63, 3.8) is 0 Å². The first-order valence-electron chi connectivity index (χ1n) is 5.59. The number of hydrogen-bond donors (Lipinski definition) is 0. The van der Waals surface area contributed by atoms with Crippen LogP contribution in [0.1, 0.15) is 40.0 Å². The van der Waals surface area contributed by atoms with E-state index in [2.05, 4.69) is 5.92 Å². The van der Waals surface area contributed by atoms with Gasteiger partial charge in [0.05, 0.1) is 5.41 Å². The summed E-state index contributed by atoms with van der Waals surface area (Å²) in [5.41, 5.74) is -0.410. The van der Waals surface area contributed by atoms with Crippen LogP contribution in [0.15, 0.2) is 0 Å². The molecule has 0 radical (unpaired) electrons. The lowest BCUT2D eigenvalue weighted by Gasteiger charge is -2.59. The summed E-state index contributed by atoms with van der Waals surface area (Å²) in [5.74, 6) is 0.457. The van der Waals surface area contributed by atoms with Gasteiger partial charge < -0.3 is 9.47 Å². The molecule has 2 unspecified atom stereocenters. The first kappa shape index (κ1) is 10.5. The number of terminal acetylenes is 1. The number of rotatable bonds is 1. The van der Waals surface area contributed by atoms with Crippen molar-refractivity contribution < 1.29 is 19.2 Å². The molecular formula is C12H16O4. The monoisotopic (exact) mass is 224 g/mol. The maximum absolute atomic E-state index is 5.91. The minimum absolute atomic E-state index is 0.410. The average Bonchev–Trinajstić information content (AvgIpc) is 2.33. The smallest absolute Gasteiger partial charge is 0.213 e. The third-order valence-electron chi connectivity index (χ3n) is 4.33. The van der Waals surface area contributed by atoms with Gasteiger partial charge in [0.15, 0.2) is 5.79 Å². The molecule has 4 rings (SSSR count). The largest absolute Gasteiger partial charge is 0.315 e. The predicted molar refractivity (Wildman–Crippen MR) is 54.7 cm³/mol. The number of hydrogen-bond acceptors (Lipinski definition) is 4. The Balaban J connectivity index is 2.14. The molecule has 0 saturated carbocycles. The number of ether oxygens (including phenoxy) is 2. The summed E-state index contributed by atoms with van der Waals surface area (Å²) in [7, 11) is 0. The van der Waals surface area contributed by atoms with Crippen LogP contribution < -0.4 is 0 Å². The fourth-order valence-corrected chi connectivity index (χ4v) is 3.39. The third kappa shape index (κ3) is 0.917. The van der Waals surface area contributed by atoms with Gasteiger partial charge in [-0.1, -0.05) is 0 Å². The molecule has 4 nitrogen and oxygen atoms in total. The summed E-state index contributed by atoms with van der Waals surface area (Å²) < 4.78 is 11.8. The topological polar surface area (TPSA) is 36.9 Å². The van der Waals surface area contributed by atoms with Gasteiger partial charge in [0, 0.05) is 12.8 Å². The van der Waals surface area contributed by atoms with E-state index in [0.29, 0.717) is 6.42 Å². The van der Waals surface area contributed by atoms with Crippen molar-refractivity contribution >= 4 is 0 Å². The van der Waals surface area contributed by atoms with Gasteiger partial charge in [-0.15, -0.1) is 12.3 Å². The normalized spacial score (nSPS) is 58.6. The van der Waals surface area contributed by atoms with Crippen LogP contribution in [0, 0.1) is 17.8 Å². The molecule has 4 aliphatic rings. The summed E-state index contributed by atoms with van der Waals surface area (Å²) in [5, 5.41) is 0. The van der Waals surface area contributed by atoms with E-state index in [0.717, 1.165) is 12.8 Å². The van der Waals surface area contributed by atoms with Crippen molar-refractivity contribution in [1.82, 2.24) is 0 Å². The Morgan fingerprint density at radius 1 is 1.06 bits per heavy atom. The van der Waals surface area contributed by atoms with Crippen LogP contribution in [0.4, 0.5) is 0 Å².